The Morgan fingerprint density at radius 2 is 0.356 bits per heavy atom. The SMILES string of the molecule is CC(C)(O)C#Cc1cc(C(C)(C)C)cc2c1[nH]c1c2ccc2c3cc(C(C)(C)C)cc(C#CC#Cc4cc(C(C)(C)C)cc5c4[nH]c4c5ccc5c6cc(C(C)(C)C)cc(C#CC#Cc7cc(C(C)(C)C)cc8c7[nH]c7c8ccc8c9cc(C(C)(C)C)cc(C#CC(C)(C)O)c9[nH]c87)c6[nH]c54)c3[nH]c21. The highest BCUT2D eigenvalue weighted by molar-refractivity contribution is 6.26. The molecule has 15 rings (SSSR count). The van der Waals surface area contributed by atoms with Crippen molar-refractivity contribution in [2.75, 3.05) is 0 Å². The van der Waals surface area contributed by atoms with Crippen LogP contribution in [-0.2, 0) is 32.5 Å². The third-order valence-electron chi connectivity index (χ3n) is 20.8. The van der Waals surface area contributed by atoms with Gasteiger partial charge in [-0.15, -0.1) is 0 Å². The fourth-order valence-corrected chi connectivity index (χ4v) is 14.6. The van der Waals surface area contributed by atoms with Crippen LogP contribution in [0.2, 0.25) is 0 Å². The maximum atomic E-state index is 10.7. The van der Waals surface area contributed by atoms with Crippen LogP contribution in [0.4, 0.5) is 0 Å². The van der Waals surface area contributed by atoms with Crippen molar-refractivity contribution < 1.29 is 10.2 Å². The lowest BCUT2D eigenvalue weighted by Gasteiger charge is -2.20. The maximum absolute atomic E-state index is 10.7. The van der Waals surface area contributed by atoms with Crippen LogP contribution in [-0.4, -0.2) is 51.3 Å². The first-order valence-corrected chi connectivity index (χ1v) is 36.4. The predicted molar refractivity (Wildman–Crippen MR) is 442 cm³/mol. The third-order valence-corrected chi connectivity index (χ3v) is 20.8. The van der Waals surface area contributed by atoms with E-state index >= 15 is 0 Å². The lowest BCUT2D eigenvalue weighted by molar-refractivity contribution is 0.143. The normalized spacial score (nSPS) is 12.9. The number of fused-ring (bicyclic) bond motifs is 21. The van der Waals surface area contributed by atoms with E-state index in [4.69, 9.17) is 0 Å². The van der Waals surface area contributed by atoms with Gasteiger partial charge in [0.05, 0.1) is 66.2 Å². The third kappa shape index (κ3) is 12.2. The highest BCUT2D eigenvalue weighted by Crippen LogP contribution is 2.45. The molecule has 0 aliphatic rings. The summed E-state index contributed by atoms with van der Waals surface area (Å²) in [5.74, 6) is 40.5. The molecule has 15 aromatic rings. The summed E-state index contributed by atoms with van der Waals surface area (Å²) in [7, 11) is 0. The lowest BCUT2D eigenvalue weighted by Crippen LogP contribution is -2.14. The Balaban J connectivity index is 0.837. The van der Waals surface area contributed by atoms with E-state index in [-0.39, 0.29) is 32.5 Å². The highest BCUT2D eigenvalue weighted by Gasteiger charge is 2.28. The summed E-state index contributed by atoms with van der Waals surface area (Å²) in [6.07, 6.45) is 0. The first-order chi connectivity index (χ1) is 48.5. The molecule has 0 aliphatic carbocycles. The van der Waals surface area contributed by atoms with E-state index < -0.39 is 11.2 Å². The van der Waals surface area contributed by atoms with E-state index in [9.17, 15) is 10.2 Å². The second kappa shape index (κ2) is 23.3. The molecular formula is C96H92N6O2. The predicted octanol–water partition coefficient (Wildman–Crippen LogP) is 22.3. The Morgan fingerprint density at radius 3 is 0.500 bits per heavy atom. The van der Waals surface area contributed by atoms with Crippen LogP contribution >= 0.6 is 0 Å². The first kappa shape index (κ1) is 68.8. The number of hydrogen-bond donors (Lipinski definition) is 8. The molecule has 9 aromatic carbocycles. The van der Waals surface area contributed by atoms with Gasteiger partial charge in [0, 0.05) is 98.0 Å². The molecule has 0 saturated carbocycles. The Bertz CT molecular complexity index is 6290. The van der Waals surface area contributed by atoms with E-state index in [1.807, 2.05) is 0 Å². The minimum atomic E-state index is -1.14. The zero-order valence-electron chi connectivity index (χ0n) is 64.3. The smallest absolute Gasteiger partial charge is 0.120 e. The zero-order chi connectivity index (χ0) is 74.2. The van der Waals surface area contributed by atoms with Crippen LogP contribution in [0, 0.1) is 71.0 Å². The molecule has 8 N–H and O–H groups in total. The van der Waals surface area contributed by atoms with Gasteiger partial charge in [-0.25, -0.2) is 0 Å². The van der Waals surface area contributed by atoms with Crippen LogP contribution in [0.5, 0.6) is 0 Å². The number of rotatable bonds is 0. The molecule has 0 radical (unpaired) electrons. The molecule has 518 valence electrons. The first-order valence-electron chi connectivity index (χ1n) is 36.4. The second-order valence-corrected chi connectivity index (χ2v) is 36.3. The number of aliphatic hydroxyl groups is 2. The minimum absolute atomic E-state index is 0.121. The van der Waals surface area contributed by atoms with Crippen molar-refractivity contribution in [3.8, 4) is 71.0 Å². The summed E-state index contributed by atoms with van der Waals surface area (Å²) in [4.78, 5) is 23.2. The largest absolute Gasteiger partial charge is 0.378 e. The van der Waals surface area contributed by atoms with Crippen LogP contribution in [0.25, 0.3) is 131 Å². The fraction of sp³-hybridized carbons (Fsp3) is 0.312. The molecule has 6 heterocycles. The van der Waals surface area contributed by atoms with Crippen molar-refractivity contribution in [3.05, 3.63) is 176 Å². The number of aromatic amines is 6. The van der Waals surface area contributed by atoms with Gasteiger partial charge in [0.25, 0.3) is 0 Å². The van der Waals surface area contributed by atoms with E-state index in [0.717, 1.165) is 164 Å². The van der Waals surface area contributed by atoms with Gasteiger partial charge in [0.15, 0.2) is 0 Å². The van der Waals surface area contributed by atoms with Gasteiger partial charge in [-0.1, -0.05) is 208 Å². The van der Waals surface area contributed by atoms with Crippen molar-refractivity contribution in [1.29, 1.82) is 0 Å². The van der Waals surface area contributed by atoms with E-state index in [1.165, 1.54) is 33.4 Å². The summed E-state index contributed by atoms with van der Waals surface area (Å²) in [5.41, 5.74) is 20.9. The average molecular weight is 1360 g/mol. The summed E-state index contributed by atoms with van der Waals surface area (Å²) in [6.45, 7) is 47.2. The fourth-order valence-electron chi connectivity index (χ4n) is 14.6. The van der Waals surface area contributed by atoms with Crippen molar-refractivity contribution in [1.82, 2.24) is 29.9 Å². The van der Waals surface area contributed by atoms with Gasteiger partial charge in [0.2, 0.25) is 0 Å². The van der Waals surface area contributed by atoms with E-state index in [0.29, 0.717) is 0 Å². The van der Waals surface area contributed by atoms with Gasteiger partial charge in [0.1, 0.15) is 11.2 Å². The lowest BCUT2D eigenvalue weighted by atomic mass is 9.84. The van der Waals surface area contributed by atoms with Crippen molar-refractivity contribution >= 4 is 131 Å². The number of aromatic nitrogens is 6. The van der Waals surface area contributed by atoms with Crippen LogP contribution in [0.1, 0.15) is 219 Å². The molecule has 0 aliphatic heterocycles. The molecule has 0 unspecified atom stereocenters. The molecule has 0 bridgehead atoms. The average Bonchev–Trinajstić information content (AvgIpc) is 1.58. The topological polar surface area (TPSA) is 135 Å². The summed E-state index contributed by atoms with van der Waals surface area (Å²) in [6, 6.07) is 40.5. The van der Waals surface area contributed by atoms with E-state index in [2.05, 4.69) is 335 Å². The second-order valence-electron chi connectivity index (χ2n) is 36.3. The molecule has 0 spiro atoms. The summed E-state index contributed by atoms with van der Waals surface area (Å²) in [5, 5.41) is 34.6. The molecule has 0 atom stereocenters. The highest BCUT2D eigenvalue weighted by atomic mass is 16.3. The molecular weight excluding hydrogens is 1270 g/mol. The van der Waals surface area contributed by atoms with Crippen LogP contribution in [0.3, 0.4) is 0 Å². The van der Waals surface area contributed by atoms with Gasteiger partial charge in [-0.3, -0.25) is 0 Å². The molecule has 104 heavy (non-hydrogen) atoms. The number of benzene rings is 9. The number of H-pyrrole nitrogens is 6. The monoisotopic (exact) mass is 1360 g/mol. The van der Waals surface area contributed by atoms with Crippen molar-refractivity contribution in [3.63, 3.8) is 0 Å². The quantitative estimate of drug-likeness (QED) is 0.0718. The minimum Gasteiger partial charge on any atom is -0.378 e. The zero-order valence-corrected chi connectivity index (χ0v) is 64.3. The van der Waals surface area contributed by atoms with Crippen molar-refractivity contribution in [2.45, 2.75) is 196 Å². The van der Waals surface area contributed by atoms with Gasteiger partial charge >= 0.3 is 0 Å². The van der Waals surface area contributed by atoms with Crippen molar-refractivity contribution in [2.24, 2.45) is 0 Å². The van der Waals surface area contributed by atoms with Gasteiger partial charge < -0.3 is 40.1 Å². The Hall–Kier alpha value is -10.9. The van der Waals surface area contributed by atoms with E-state index in [1.54, 1.807) is 27.7 Å². The van der Waals surface area contributed by atoms with Crippen LogP contribution < -0.4 is 0 Å². The number of nitrogens with one attached hydrogen (secondary N) is 6. The molecule has 8 heteroatoms. The molecule has 0 amide bonds. The molecule has 6 aromatic heterocycles. The Labute approximate surface area is 610 Å². The summed E-state index contributed by atoms with van der Waals surface area (Å²) >= 11 is 0. The maximum Gasteiger partial charge on any atom is 0.120 e. The van der Waals surface area contributed by atoms with Gasteiger partial charge in [-0.2, -0.15) is 0 Å². The van der Waals surface area contributed by atoms with Gasteiger partial charge in [-0.05, 0) is 190 Å². The Kier molecular flexibility index (Phi) is 15.4. The molecule has 8 nitrogen and oxygen atoms in total. The summed E-state index contributed by atoms with van der Waals surface area (Å²) < 4.78 is 0. The standard InChI is InChI=1S/C96H92N6O2/c1-89(2,3)59-41-53(27-23-25-29-55-43-61(91(7,8)9)49-73-67-33-35-69-75-51-63(93(13,14)15)45-57(37-39-95(19,20)103)81(75)101-87(69)85(67)99-79(55)73)77-71(47-59)65-31-32-66-72-48-60(90(4,5)6)42-54(78(72)98-84(66)83(65)97-77)28-24-26-30-56-44-62(92(10,11)12)50-74-68-34-36-70-76-52-64(94(16,17)18)46-58(38-40-96(21,22)104)82(76)102-88(70)86(68)100-80(56)74/h31-36,41-52,97-104H,1-22H3. The molecule has 0 fully saturated rings. The van der Waals surface area contributed by atoms with Crippen LogP contribution in [0.15, 0.2) is 109 Å². The number of hydrogen-bond acceptors (Lipinski definition) is 2. The molecule has 0 saturated heterocycles. The Morgan fingerprint density at radius 1 is 0.202 bits per heavy atom.